The average molecular weight is 385 g/mol. The van der Waals surface area contributed by atoms with Gasteiger partial charge in [0, 0.05) is 6.07 Å². The molecule has 0 spiro atoms. The molecule has 0 aliphatic carbocycles. The third-order valence-corrected chi connectivity index (χ3v) is 6.85. The molecule has 1 saturated heterocycles. The molecule has 2 heterocycles. The Kier molecular flexibility index (Phi) is 4.07. The van der Waals surface area contributed by atoms with Gasteiger partial charge in [0.15, 0.2) is 5.82 Å². The van der Waals surface area contributed by atoms with Crippen molar-refractivity contribution in [3.8, 4) is 0 Å². The summed E-state index contributed by atoms with van der Waals surface area (Å²) in [4.78, 5) is 11.9. The smallest absolute Gasteiger partial charge is 0.263 e. The molecule has 2 aromatic rings. The number of hydrogen-bond acceptors (Lipinski definition) is 7. The fourth-order valence-corrected chi connectivity index (χ4v) is 5.26. The van der Waals surface area contributed by atoms with Crippen LogP contribution in [0, 0.1) is 12.8 Å². The highest BCUT2D eigenvalue weighted by atomic mass is 32.2. The monoisotopic (exact) mass is 385 g/mol. The third-order valence-electron chi connectivity index (χ3n) is 3.61. The second kappa shape index (κ2) is 5.85. The van der Waals surface area contributed by atoms with Crippen molar-refractivity contribution in [3.05, 3.63) is 36.1 Å². The maximum absolute atomic E-state index is 12.3. The molecular formula is C14H15N3O6S2. The van der Waals surface area contributed by atoms with Gasteiger partial charge in [-0.2, -0.15) is 0 Å². The average Bonchev–Trinajstić information content (AvgIpc) is 2.99. The molecule has 25 heavy (non-hydrogen) atoms. The van der Waals surface area contributed by atoms with E-state index in [9.17, 15) is 21.6 Å². The van der Waals surface area contributed by atoms with Crippen molar-refractivity contribution in [2.75, 3.05) is 14.8 Å². The second-order valence-electron chi connectivity index (χ2n) is 5.70. The van der Waals surface area contributed by atoms with Crippen LogP contribution < -0.4 is 9.03 Å². The maximum atomic E-state index is 12.3. The number of nitrogens with one attached hydrogen (secondary N) is 1. The Hall–Kier alpha value is -2.40. The summed E-state index contributed by atoms with van der Waals surface area (Å²) in [5, 5.41) is 3.55. The molecular weight excluding hydrogens is 370 g/mol. The number of amides is 1. The van der Waals surface area contributed by atoms with E-state index < -0.39 is 31.9 Å². The predicted octanol–water partition coefficient (Wildman–Crippen LogP) is 1.10. The highest BCUT2D eigenvalue weighted by Gasteiger charge is 2.41. The van der Waals surface area contributed by atoms with Gasteiger partial charge in [-0.15, -0.1) is 0 Å². The van der Waals surface area contributed by atoms with Crippen LogP contribution in [0.4, 0.5) is 11.5 Å². The van der Waals surface area contributed by atoms with Crippen molar-refractivity contribution < 1.29 is 26.2 Å². The lowest BCUT2D eigenvalue weighted by atomic mass is 10.2. The number of nitrogens with zero attached hydrogens (tertiary/aromatic N) is 2. The Bertz CT molecular complexity index is 1020. The Morgan fingerprint density at radius 2 is 1.92 bits per heavy atom. The van der Waals surface area contributed by atoms with Crippen LogP contribution in [0.15, 0.2) is 39.8 Å². The molecule has 0 saturated carbocycles. The highest BCUT2D eigenvalue weighted by molar-refractivity contribution is 7.94. The molecule has 11 heteroatoms. The fraction of sp³-hybridized carbons (Fsp3) is 0.286. The van der Waals surface area contributed by atoms with Gasteiger partial charge in [-0.05, 0) is 31.2 Å². The van der Waals surface area contributed by atoms with Gasteiger partial charge in [0.1, 0.15) is 5.76 Å². The Labute approximate surface area is 144 Å². The van der Waals surface area contributed by atoms with Crippen LogP contribution >= 0.6 is 0 Å². The van der Waals surface area contributed by atoms with Gasteiger partial charge in [0.2, 0.25) is 15.9 Å². The Morgan fingerprint density at radius 3 is 2.40 bits per heavy atom. The number of sulfonamides is 2. The molecule has 1 fully saturated rings. The molecule has 9 nitrogen and oxygen atoms in total. The zero-order valence-corrected chi connectivity index (χ0v) is 15.0. The van der Waals surface area contributed by atoms with Gasteiger partial charge in [-0.3, -0.25) is 9.52 Å². The topological polar surface area (TPSA) is 127 Å². The standard InChI is InChI=1S/C14H15N3O6S2/c1-9-8-24(19,20)17(14(9)18)11-3-5-12(6-4-11)25(21,22)16-13-7-10(2)23-15-13/h3-7,9H,8H2,1-2H3,(H,15,16)/t9-/m0/s1. The first-order valence-electron chi connectivity index (χ1n) is 7.23. The number of anilines is 2. The molecule has 1 aromatic carbocycles. The molecule has 1 aliphatic rings. The first kappa shape index (κ1) is 17.4. The van der Waals surface area contributed by atoms with E-state index in [2.05, 4.69) is 9.88 Å². The van der Waals surface area contributed by atoms with Crippen molar-refractivity contribution in [2.45, 2.75) is 18.7 Å². The van der Waals surface area contributed by atoms with Crippen LogP contribution in [0.5, 0.6) is 0 Å². The maximum Gasteiger partial charge on any atom is 0.263 e. The molecule has 3 rings (SSSR count). The van der Waals surface area contributed by atoms with Gasteiger partial charge < -0.3 is 4.52 Å². The van der Waals surface area contributed by atoms with Crippen molar-refractivity contribution >= 4 is 37.5 Å². The molecule has 1 aliphatic heterocycles. The summed E-state index contributed by atoms with van der Waals surface area (Å²) in [6.07, 6.45) is 0. The molecule has 0 radical (unpaired) electrons. The van der Waals surface area contributed by atoms with E-state index in [0.29, 0.717) is 10.1 Å². The lowest BCUT2D eigenvalue weighted by molar-refractivity contribution is -0.119. The molecule has 0 unspecified atom stereocenters. The normalized spacial score (nSPS) is 20.0. The zero-order valence-electron chi connectivity index (χ0n) is 13.3. The number of carbonyl (C=O) groups excluding carboxylic acids is 1. The molecule has 1 amide bonds. The van der Waals surface area contributed by atoms with Crippen LogP contribution in [0.1, 0.15) is 12.7 Å². The van der Waals surface area contributed by atoms with Gasteiger partial charge in [-0.1, -0.05) is 12.1 Å². The first-order chi connectivity index (χ1) is 11.6. The van der Waals surface area contributed by atoms with E-state index in [1.165, 1.54) is 37.3 Å². The van der Waals surface area contributed by atoms with Crippen LogP contribution in [0.3, 0.4) is 0 Å². The van der Waals surface area contributed by atoms with E-state index in [1.54, 1.807) is 6.92 Å². The summed E-state index contributed by atoms with van der Waals surface area (Å²) in [5.74, 6) is -0.955. The fourth-order valence-electron chi connectivity index (χ4n) is 2.46. The van der Waals surface area contributed by atoms with Crippen molar-refractivity contribution in [3.63, 3.8) is 0 Å². The van der Waals surface area contributed by atoms with Gasteiger partial charge >= 0.3 is 0 Å². The van der Waals surface area contributed by atoms with Gasteiger partial charge in [0.25, 0.3) is 10.0 Å². The van der Waals surface area contributed by atoms with Crippen molar-refractivity contribution in [1.29, 1.82) is 0 Å². The van der Waals surface area contributed by atoms with E-state index >= 15 is 0 Å². The second-order valence-corrected chi connectivity index (χ2v) is 9.25. The number of carbonyl (C=O) groups is 1. The van der Waals surface area contributed by atoms with Crippen LogP contribution in [-0.2, 0) is 24.8 Å². The summed E-state index contributed by atoms with van der Waals surface area (Å²) in [6, 6.07) is 6.40. The number of aromatic nitrogens is 1. The van der Waals surface area contributed by atoms with Gasteiger partial charge in [-0.25, -0.2) is 21.1 Å². The van der Waals surface area contributed by atoms with Crippen LogP contribution in [0.2, 0.25) is 0 Å². The number of rotatable bonds is 4. The first-order valence-corrected chi connectivity index (χ1v) is 10.3. The minimum Gasteiger partial charge on any atom is -0.360 e. The molecule has 134 valence electrons. The van der Waals surface area contributed by atoms with E-state index in [-0.39, 0.29) is 22.2 Å². The third kappa shape index (κ3) is 3.24. The lowest BCUT2D eigenvalue weighted by Gasteiger charge is -2.15. The minimum absolute atomic E-state index is 0.0349. The predicted molar refractivity (Wildman–Crippen MR) is 88.9 cm³/mol. The molecule has 1 N–H and O–H groups in total. The summed E-state index contributed by atoms with van der Waals surface area (Å²) in [5.41, 5.74) is 0.102. The van der Waals surface area contributed by atoms with Crippen LogP contribution in [-0.4, -0.2) is 33.7 Å². The highest BCUT2D eigenvalue weighted by Crippen LogP contribution is 2.29. The molecule has 0 bridgehead atoms. The quantitative estimate of drug-likeness (QED) is 0.835. The zero-order chi connectivity index (χ0) is 18.4. The summed E-state index contributed by atoms with van der Waals surface area (Å²) in [6.45, 7) is 3.15. The molecule has 1 aromatic heterocycles. The largest absolute Gasteiger partial charge is 0.360 e. The van der Waals surface area contributed by atoms with Gasteiger partial charge in [0.05, 0.1) is 22.3 Å². The minimum atomic E-state index is -3.92. The SMILES string of the molecule is Cc1cc(NS(=O)(=O)c2ccc(N3C(=O)[C@@H](C)CS3(=O)=O)cc2)no1. The van der Waals surface area contributed by atoms with Crippen molar-refractivity contribution in [2.24, 2.45) is 5.92 Å². The van der Waals surface area contributed by atoms with E-state index in [0.717, 1.165) is 0 Å². The Balaban J connectivity index is 1.88. The Morgan fingerprint density at radius 1 is 1.28 bits per heavy atom. The number of hydrogen-bond donors (Lipinski definition) is 1. The van der Waals surface area contributed by atoms with E-state index in [1.807, 2.05) is 0 Å². The summed E-state index contributed by atoms with van der Waals surface area (Å²) in [7, 11) is -7.66. The number of benzene rings is 1. The summed E-state index contributed by atoms with van der Waals surface area (Å²) >= 11 is 0. The summed E-state index contributed by atoms with van der Waals surface area (Å²) < 4.78 is 56.5. The number of aryl methyl sites for hydroxylation is 1. The van der Waals surface area contributed by atoms with Crippen LogP contribution in [0.25, 0.3) is 0 Å². The van der Waals surface area contributed by atoms with E-state index in [4.69, 9.17) is 4.52 Å². The van der Waals surface area contributed by atoms with Crippen molar-refractivity contribution in [1.82, 2.24) is 5.16 Å². The lowest BCUT2D eigenvalue weighted by Crippen LogP contribution is -2.30. The molecule has 1 atom stereocenters.